The zero-order valence-corrected chi connectivity index (χ0v) is 30.9. The number of carbonyl (C=O) groups excluding carboxylic acids is 2. The van der Waals surface area contributed by atoms with Gasteiger partial charge in [0, 0.05) is 63.2 Å². The fourth-order valence-corrected chi connectivity index (χ4v) is 8.65. The maximum atomic E-state index is 13.0. The smallest absolute Gasteiger partial charge is 0.272 e. The number of anilines is 2. The number of aliphatic hydroxyl groups excluding tert-OH is 1. The molecule has 282 valence electrons. The number of nitrogens with one attached hydrogen (secondary N) is 2. The molecule has 2 aromatic heterocycles. The van der Waals surface area contributed by atoms with Crippen molar-refractivity contribution < 1.29 is 19.4 Å². The molecule has 4 fully saturated rings. The van der Waals surface area contributed by atoms with Crippen molar-refractivity contribution in [1.29, 1.82) is 5.26 Å². The van der Waals surface area contributed by atoms with Crippen LogP contribution < -0.4 is 25.2 Å². The number of ether oxygens (including phenoxy) is 1. The Morgan fingerprint density at radius 3 is 2.59 bits per heavy atom. The van der Waals surface area contributed by atoms with Crippen LogP contribution in [0.1, 0.15) is 73.5 Å². The first kappa shape index (κ1) is 36.0. The number of fused-ring (bicyclic) bond motifs is 1. The largest absolute Gasteiger partial charge is 0.490 e. The molecular weight excluding hydrogens is 708 g/mol. The Kier molecular flexibility index (Phi) is 10.5. The number of rotatable bonds is 9. The topological polar surface area (TPSA) is 165 Å². The highest BCUT2D eigenvalue weighted by atomic mass is 35.5. The van der Waals surface area contributed by atoms with Gasteiger partial charge in [-0.2, -0.15) is 10.4 Å². The Bertz CT molecular complexity index is 2020. The van der Waals surface area contributed by atoms with Crippen LogP contribution in [0.3, 0.4) is 0 Å². The number of hydrogen-bond donors (Lipinski definition) is 3. The highest BCUT2D eigenvalue weighted by molar-refractivity contribution is 6.31. The minimum Gasteiger partial charge on any atom is -0.490 e. The van der Waals surface area contributed by atoms with E-state index in [0.717, 1.165) is 100 Å². The second-order valence-corrected chi connectivity index (χ2v) is 15.3. The number of benzene rings is 2. The quantitative estimate of drug-likeness (QED) is 0.224. The first-order valence-corrected chi connectivity index (χ1v) is 19.4. The lowest BCUT2D eigenvalue weighted by Crippen LogP contribution is -2.54. The number of amides is 2. The average Bonchev–Trinajstić information content (AvgIpc) is 3.84. The molecule has 5 heterocycles. The van der Waals surface area contributed by atoms with Gasteiger partial charge in [-0.15, -0.1) is 10.2 Å². The molecule has 14 nitrogen and oxygen atoms in total. The standard InChI is InChI=1S/C39H45ClN10O4/c40-32-20-30(7-4-26(32)21-41)54-29-8-5-27(6-9-29)43-38(52)33-10-11-36(46-45-33)48-18-12-25(24-48)23-47-16-13-28(14-17-47)50-35-3-1-2-34(31(35)22-42-50)49-19-15-37(51)44-39(49)53/h1-4,7,10-11,20,22,25,27-29,39,53H,5-6,8-9,12-19,23-24H2,(H,43,52)(H,44,51)/t25-,27?,29?,39?/m1/s1. The van der Waals surface area contributed by atoms with E-state index in [4.69, 9.17) is 26.7 Å². The number of halogens is 1. The molecule has 1 aliphatic carbocycles. The van der Waals surface area contributed by atoms with Gasteiger partial charge in [0.25, 0.3) is 5.91 Å². The van der Waals surface area contributed by atoms with Crippen molar-refractivity contribution in [3.05, 3.63) is 71.0 Å². The van der Waals surface area contributed by atoms with Crippen LogP contribution in [0.5, 0.6) is 5.75 Å². The van der Waals surface area contributed by atoms with Crippen LogP contribution in [-0.4, -0.2) is 99.6 Å². The molecule has 2 amide bonds. The maximum absolute atomic E-state index is 13.0. The van der Waals surface area contributed by atoms with E-state index in [2.05, 4.69) is 47.4 Å². The van der Waals surface area contributed by atoms with E-state index in [9.17, 15) is 14.7 Å². The normalized spacial score (nSPS) is 24.0. The Morgan fingerprint density at radius 1 is 1.02 bits per heavy atom. The summed E-state index contributed by atoms with van der Waals surface area (Å²) in [7, 11) is 0. The zero-order chi connectivity index (χ0) is 37.2. The fraction of sp³-hybridized carbons (Fsp3) is 0.487. The van der Waals surface area contributed by atoms with Gasteiger partial charge in [0.05, 0.1) is 40.1 Å². The first-order chi connectivity index (χ1) is 26.3. The summed E-state index contributed by atoms with van der Waals surface area (Å²) < 4.78 is 8.23. The van der Waals surface area contributed by atoms with Crippen molar-refractivity contribution in [3.8, 4) is 11.8 Å². The summed E-state index contributed by atoms with van der Waals surface area (Å²) in [6.45, 7) is 5.33. The van der Waals surface area contributed by atoms with Crippen molar-refractivity contribution in [2.75, 3.05) is 49.1 Å². The van der Waals surface area contributed by atoms with E-state index in [-0.39, 0.29) is 24.0 Å². The second kappa shape index (κ2) is 15.8. The monoisotopic (exact) mass is 752 g/mol. The van der Waals surface area contributed by atoms with Crippen LogP contribution >= 0.6 is 11.6 Å². The van der Waals surface area contributed by atoms with E-state index in [1.165, 1.54) is 0 Å². The summed E-state index contributed by atoms with van der Waals surface area (Å²) >= 11 is 6.15. The Labute approximate surface area is 319 Å². The Hall–Kier alpha value is -4.97. The molecule has 1 unspecified atom stereocenters. The summed E-state index contributed by atoms with van der Waals surface area (Å²) in [5.74, 6) is 1.63. The van der Waals surface area contributed by atoms with Crippen LogP contribution in [-0.2, 0) is 4.79 Å². The summed E-state index contributed by atoms with van der Waals surface area (Å²) in [6.07, 6.45) is 7.54. The number of hydrogen-bond acceptors (Lipinski definition) is 11. The average molecular weight is 753 g/mol. The lowest BCUT2D eigenvalue weighted by molar-refractivity contribution is -0.125. The van der Waals surface area contributed by atoms with E-state index in [0.29, 0.717) is 47.0 Å². The fourth-order valence-electron chi connectivity index (χ4n) is 8.44. The van der Waals surface area contributed by atoms with Crippen LogP contribution in [0.15, 0.2) is 54.7 Å². The summed E-state index contributed by atoms with van der Waals surface area (Å²) in [6, 6.07) is 17.3. The van der Waals surface area contributed by atoms with Gasteiger partial charge in [0.15, 0.2) is 11.5 Å². The van der Waals surface area contributed by atoms with E-state index >= 15 is 0 Å². The Morgan fingerprint density at radius 2 is 1.85 bits per heavy atom. The highest BCUT2D eigenvalue weighted by Crippen LogP contribution is 2.33. The number of nitrogens with zero attached hydrogens (tertiary/aromatic N) is 8. The molecule has 3 N–H and O–H groups in total. The number of piperidine rings is 1. The van der Waals surface area contributed by atoms with E-state index in [1.807, 2.05) is 29.3 Å². The van der Waals surface area contributed by atoms with Gasteiger partial charge < -0.3 is 35.2 Å². The molecule has 8 rings (SSSR count). The van der Waals surface area contributed by atoms with Gasteiger partial charge in [0.2, 0.25) is 12.3 Å². The zero-order valence-electron chi connectivity index (χ0n) is 30.1. The van der Waals surface area contributed by atoms with Gasteiger partial charge in [-0.3, -0.25) is 14.3 Å². The Balaban J connectivity index is 0.777. The first-order valence-electron chi connectivity index (χ1n) is 19.0. The lowest BCUT2D eigenvalue weighted by atomic mass is 9.93. The van der Waals surface area contributed by atoms with Crippen molar-refractivity contribution in [2.45, 2.75) is 75.9 Å². The number of likely N-dealkylation sites (tertiary alicyclic amines) is 1. The second-order valence-electron chi connectivity index (χ2n) is 14.9. The molecule has 4 aromatic rings. The third-order valence-corrected chi connectivity index (χ3v) is 11.7. The highest BCUT2D eigenvalue weighted by Gasteiger charge is 2.31. The van der Waals surface area contributed by atoms with E-state index in [1.54, 1.807) is 24.3 Å². The molecule has 54 heavy (non-hydrogen) atoms. The minimum absolute atomic E-state index is 0.0324. The van der Waals surface area contributed by atoms with Crippen LogP contribution in [0.2, 0.25) is 5.02 Å². The molecular formula is C39H45ClN10O4. The number of aliphatic hydroxyl groups is 1. The summed E-state index contributed by atoms with van der Waals surface area (Å²) in [5.41, 5.74) is 2.67. The van der Waals surface area contributed by atoms with Gasteiger partial charge in [-0.1, -0.05) is 17.7 Å². The van der Waals surface area contributed by atoms with Crippen molar-refractivity contribution in [1.82, 2.24) is 35.5 Å². The lowest BCUT2D eigenvalue weighted by Gasteiger charge is -2.35. The summed E-state index contributed by atoms with van der Waals surface area (Å²) in [4.78, 5) is 31.4. The van der Waals surface area contributed by atoms with Gasteiger partial charge >= 0.3 is 0 Å². The van der Waals surface area contributed by atoms with E-state index < -0.39 is 6.35 Å². The molecule has 3 saturated heterocycles. The number of nitriles is 1. The molecule has 2 atom stereocenters. The molecule has 15 heteroatoms. The van der Waals surface area contributed by atoms with Gasteiger partial charge in [-0.25, -0.2) is 0 Å². The molecule has 0 radical (unpaired) electrons. The molecule has 0 bridgehead atoms. The predicted molar refractivity (Wildman–Crippen MR) is 203 cm³/mol. The van der Waals surface area contributed by atoms with Crippen molar-refractivity contribution >= 4 is 45.8 Å². The molecule has 3 aliphatic heterocycles. The van der Waals surface area contributed by atoms with Crippen molar-refractivity contribution in [3.63, 3.8) is 0 Å². The molecule has 4 aliphatic rings. The van der Waals surface area contributed by atoms with Crippen molar-refractivity contribution in [2.24, 2.45) is 5.92 Å². The van der Waals surface area contributed by atoms with Crippen LogP contribution in [0, 0.1) is 17.2 Å². The van der Waals surface area contributed by atoms with Crippen LogP contribution in [0.25, 0.3) is 10.9 Å². The van der Waals surface area contributed by atoms with Gasteiger partial charge in [-0.05, 0) is 87.3 Å². The molecule has 1 saturated carbocycles. The molecule has 0 spiro atoms. The van der Waals surface area contributed by atoms with Crippen LogP contribution in [0.4, 0.5) is 11.5 Å². The van der Waals surface area contributed by atoms with Gasteiger partial charge in [0.1, 0.15) is 11.8 Å². The predicted octanol–water partition coefficient (Wildman–Crippen LogP) is 4.24. The third-order valence-electron chi connectivity index (χ3n) is 11.4. The maximum Gasteiger partial charge on any atom is 0.272 e. The SMILES string of the molecule is N#Cc1ccc(OC2CCC(NC(=O)c3ccc(N4CC[C@H](CN5CCC(n6ncc7c(N8CCC(=O)NC8O)cccc76)CC5)C4)nn3)CC2)cc1Cl. The minimum atomic E-state index is -1.04. The summed E-state index contributed by atoms with van der Waals surface area (Å²) in [5, 5.41) is 40.2. The number of carbonyl (C=O) groups is 2. The third kappa shape index (κ3) is 7.80. The number of aromatic nitrogens is 4. The molecule has 2 aromatic carbocycles.